The molecule has 1 N–H and O–H groups in total. The minimum Gasteiger partial charge on any atom is -0.342 e. The highest BCUT2D eigenvalue weighted by Crippen LogP contribution is 2.18. The van der Waals surface area contributed by atoms with E-state index in [0.29, 0.717) is 22.5 Å². The number of hydrogen-bond acceptors (Lipinski definition) is 4. The highest BCUT2D eigenvalue weighted by Gasteiger charge is 2.20. The second kappa shape index (κ2) is 6.23. The van der Waals surface area contributed by atoms with Gasteiger partial charge in [0.2, 0.25) is 5.91 Å². The van der Waals surface area contributed by atoms with Crippen molar-refractivity contribution in [2.45, 2.75) is 31.8 Å². The molecule has 1 amide bonds. The molecule has 5 nitrogen and oxygen atoms in total. The largest absolute Gasteiger partial charge is 0.342 e. The molecule has 0 bridgehead atoms. The molecule has 0 radical (unpaired) electrons. The number of aromatic amines is 1. The number of aryl methyl sites for hydroxylation is 1. The van der Waals surface area contributed by atoms with E-state index in [2.05, 4.69) is 16.9 Å². The summed E-state index contributed by atoms with van der Waals surface area (Å²) in [5, 5.41) is 0.517. The summed E-state index contributed by atoms with van der Waals surface area (Å²) in [6.07, 6.45) is 2.28. The summed E-state index contributed by atoms with van der Waals surface area (Å²) in [6, 6.07) is 1.44. The second-order valence-electron chi connectivity index (χ2n) is 5.07. The number of likely N-dealkylation sites (tertiary alicyclic amines) is 1. The van der Waals surface area contributed by atoms with Gasteiger partial charge >= 0.3 is 0 Å². The maximum atomic E-state index is 12.1. The van der Waals surface area contributed by atoms with E-state index >= 15 is 0 Å². The quantitative estimate of drug-likeness (QED) is 0.672. The van der Waals surface area contributed by atoms with Crippen molar-refractivity contribution in [3.8, 4) is 0 Å². The number of aromatic nitrogens is 2. The maximum absolute atomic E-state index is 12.1. The van der Waals surface area contributed by atoms with E-state index in [-0.39, 0.29) is 11.5 Å². The number of carbonyl (C=O) groups is 1. The first-order valence-electron chi connectivity index (χ1n) is 6.53. The summed E-state index contributed by atoms with van der Waals surface area (Å²) in [5.74, 6) is 1.04. The lowest BCUT2D eigenvalue weighted by Gasteiger charge is -2.30. The molecule has 2 heterocycles. The predicted octanol–water partition coefficient (Wildman–Crippen LogP) is 1.43. The number of piperidine rings is 1. The molecule has 1 aliphatic heterocycles. The van der Waals surface area contributed by atoms with Crippen molar-refractivity contribution in [3.63, 3.8) is 0 Å². The Morgan fingerprint density at radius 2 is 2.42 bits per heavy atom. The van der Waals surface area contributed by atoms with Gasteiger partial charge in [-0.3, -0.25) is 9.59 Å². The number of carbonyl (C=O) groups excluding carboxylic acids is 1. The minimum absolute atomic E-state index is 0.126. The summed E-state index contributed by atoms with van der Waals surface area (Å²) in [4.78, 5) is 32.1. The number of nitrogens with one attached hydrogen (secondary N) is 1. The van der Waals surface area contributed by atoms with Gasteiger partial charge in [-0.15, -0.1) is 0 Å². The van der Waals surface area contributed by atoms with Gasteiger partial charge in [0, 0.05) is 24.8 Å². The standard InChI is InChI=1S/C13H19N3O2S/c1-9-4-3-5-16(7-9)12(18)8-19-13-14-10(2)6-11(17)15-13/h6,9H,3-5,7-8H2,1-2H3,(H,14,15,17)/t9-/m0/s1. The maximum Gasteiger partial charge on any atom is 0.251 e. The molecular weight excluding hydrogens is 262 g/mol. The molecule has 6 heteroatoms. The average molecular weight is 281 g/mol. The summed E-state index contributed by atoms with van der Waals surface area (Å²) in [5.41, 5.74) is 0.499. The van der Waals surface area contributed by atoms with Gasteiger partial charge < -0.3 is 9.88 Å². The number of H-pyrrole nitrogens is 1. The van der Waals surface area contributed by atoms with Gasteiger partial charge in [-0.1, -0.05) is 18.7 Å². The van der Waals surface area contributed by atoms with Crippen LogP contribution in [0.5, 0.6) is 0 Å². The van der Waals surface area contributed by atoms with Gasteiger partial charge in [-0.2, -0.15) is 0 Å². The summed E-state index contributed by atoms with van der Waals surface area (Å²) < 4.78 is 0. The molecule has 1 aromatic heterocycles. The lowest BCUT2D eigenvalue weighted by atomic mass is 10.0. The first-order chi connectivity index (χ1) is 9.04. The third-order valence-corrected chi connectivity index (χ3v) is 4.05. The van der Waals surface area contributed by atoms with Crippen molar-refractivity contribution >= 4 is 17.7 Å². The van der Waals surface area contributed by atoms with E-state index in [1.807, 2.05) is 4.90 Å². The molecule has 2 rings (SSSR count). The Kier molecular flexibility index (Phi) is 4.63. The van der Waals surface area contributed by atoms with Crippen LogP contribution in [0.25, 0.3) is 0 Å². The van der Waals surface area contributed by atoms with E-state index in [1.54, 1.807) is 6.92 Å². The van der Waals surface area contributed by atoms with Gasteiger partial charge in [0.1, 0.15) is 0 Å². The summed E-state index contributed by atoms with van der Waals surface area (Å²) >= 11 is 1.29. The topological polar surface area (TPSA) is 66.1 Å². The molecular formula is C13H19N3O2S. The van der Waals surface area contributed by atoms with Gasteiger partial charge in [0.05, 0.1) is 5.75 Å². The Bertz CT molecular complexity index is 515. The van der Waals surface area contributed by atoms with Crippen LogP contribution in [-0.2, 0) is 4.79 Å². The molecule has 0 spiro atoms. The Labute approximate surface area is 116 Å². The van der Waals surface area contributed by atoms with Crippen molar-refractivity contribution < 1.29 is 4.79 Å². The smallest absolute Gasteiger partial charge is 0.251 e. The zero-order chi connectivity index (χ0) is 13.8. The molecule has 1 aliphatic rings. The van der Waals surface area contributed by atoms with Gasteiger partial charge in [-0.05, 0) is 25.7 Å². The molecule has 1 aromatic rings. The first-order valence-corrected chi connectivity index (χ1v) is 7.51. The third kappa shape index (κ3) is 4.09. The zero-order valence-corrected chi connectivity index (χ0v) is 12.1. The molecule has 0 aliphatic carbocycles. The fourth-order valence-electron chi connectivity index (χ4n) is 2.26. The molecule has 0 saturated carbocycles. The molecule has 0 unspecified atom stereocenters. The predicted molar refractivity (Wildman–Crippen MR) is 75.3 cm³/mol. The van der Waals surface area contributed by atoms with Crippen molar-refractivity contribution in [1.82, 2.24) is 14.9 Å². The van der Waals surface area contributed by atoms with Crippen molar-refractivity contribution in [3.05, 3.63) is 22.1 Å². The Morgan fingerprint density at radius 3 is 3.11 bits per heavy atom. The van der Waals surface area contributed by atoms with Crippen LogP contribution in [0.1, 0.15) is 25.5 Å². The van der Waals surface area contributed by atoms with Crippen LogP contribution in [0.15, 0.2) is 16.0 Å². The highest BCUT2D eigenvalue weighted by molar-refractivity contribution is 7.99. The Hall–Kier alpha value is -1.30. The SMILES string of the molecule is Cc1cc(=O)[nH]c(SCC(=O)N2CCC[C@H](C)C2)n1. The zero-order valence-electron chi connectivity index (χ0n) is 11.3. The summed E-state index contributed by atoms with van der Waals surface area (Å²) in [7, 11) is 0. The van der Waals surface area contributed by atoms with Crippen molar-refractivity contribution in [2.75, 3.05) is 18.8 Å². The van der Waals surface area contributed by atoms with E-state index in [9.17, 15) is 9.59 Å². The third-order valence-electron chi connectivity index (χ3n) is 3.19. The van der Waals surface area contributed by atoms with Crippen LogP contribution in [0.2, 0.25) is 0 Å². The highest BCUT2D eigenvalue weighted by atomic mass is 32.2. The van der Waals surface area contributed by atoms with Crippen LogP contribution in [0, 0.1) is 12.8 Å². The van der Waals surface area contributed by atoms with Crippen molar-refractivity contribution in [2.24, 2.45) is 5.92 Å². The molecule has 1 fully saturated rings. The lowest BCUT2D eigenvalue weighted by molar-refractivity contribution is -0.130. The van der Waals surface area contributed by atoms with Crippen LogP contribution >= 0.6 is 11.8 Å². The molecule has 1 saturated heterocycles. The van der Waals surface area contributed by atoms with Gasteiger partial charge in [0.15, 0.2) is 5.16 Å². The van der Waals surface area contributed by atoms with Crippen LogP contribution in [-0.4, -0.2) is 39.6 Å². The minimum atomic E-state index is -0.172. The summed E-state index contributed by atoms with van der Waals surface area (Å²) in [6.45, 7) is 5.64. The average Bonchev–Trinajstić information content (AvgIpc) is 2.35. The molecule has 1 atom stereocenters. The van der Waals surface area contributed by atoms with E-state index in [0.717, 1.165) is 19.5 Å². The van der Waals surface area contributed by atoms with E-state index in [4.69, 9.17) is 0 Å². The normalized spacial score (nSPS) is 19.5. The van der Waals surface area contributed by atoms with Crippen LogP contribution in [0.4, 0.5) is 0 Å². The Morgan fingerprint density at radius 1 is 1.63 bits per heavy atom. The van der Waals surface area contributed by atoms with Crippen molar-refractivity contribution in [1.29, 1.82) is 0 Å². The number of nitrogens with zero attached hydrogens (tertiary/aromatic N) is 2. The number of hydrogen-bond donors (Lipinski definition) is 1. The lowest BCUT2D eigenvalue weighted by Crippen LogP contribution is -2.40. The van der Waals surface area contributed by atoms with Crippen LogP contribution < -0.4 is 5.56 Å². The molecule has 104 valence electrons. The number of thioether (sulfide) groups is 1. The van der Waals surface area contributed by atoms with E-state index in [1.165, 1.54) is 24.2 Å². The van der Waals surface area contributed by atoms with Gasteiger partial charge in [-0.25, -0.2) is 4.98 Å². The fraction of sp³-hybridized carbons (Fsp3) is 0.615. The molecule has 0 aromatic carbocycles. The van der Waals surface area contributed by atoms with E-state index < -0.39 is 0 Å². The molecule has 19 heavy (non-hydrogen) atoms. The van der Waals surface area contributed by atoms with Crippen LogP contribution in [0.3, 0.4) is 0 Å². The fourth-order valence-corrected chi connectivity index (χ4v) is 3.08. The Balaban J connectivity index is 1.91. The number of rotatable bonds is 3. The monoisotopic (exact) mass is 281 g/mol. The van der Waals surface area contributed by atoms with Gasteiger partial charge in [0.25, 0.3) is 5.56 Å². The first kappa shape index (κ1) is 14.1. The number of amides is 1. The second-order valence-corrected chi connectivity index (χ2v) is 6.03.